The predicted octanol–water partition coefficient (Wildman–Crippen LogP) is 4.11. The summed E-state index contributed by atoms with van der Waals surface area (Å²) in [5.74, 6) is 0.698. The third-order valence-electron chi connectivity index (χ3n) is 3.11. The van der Waals surface area contributed by atoms with E-state index in [-0.39, 0.29) is 4.83 Å². The average molecular weight is 414 g/mol. The van der Waals surface area contributed by atoms with Crippen LogP contribution in [0, 0.1) is 0 Å². The molecule has 0 heterocycles. The summed E-state index contributed by atoms with van der Waals surface area (Å²) in [6.07, 6.45) is 1.25. The van der Waals surface area contributed by atoms with Gasteiger partial charge in [-0.3, -0.25) is 0 Å². The molecular formula is C13H18Br2O3S. The van der Waals surface area contributed by atoms with Crippen LogP contribution >= 0.6 is 31.9 Å². The van der Waals surface area contributed by atoms with Crippen molar-refractivity contribution in [1.29, 1.82) is 0 Å². The molecule has 1 atom stereocenters. The van der Waals surface area contributed by atoms with Crippen molar-refractivity contribution >= 4 is 41.7 Å². The fraction of sp³-hybridized carbons (Fsp3) is 0.538. The molecule has 0 bridgehead atoms. The highest BCUT2D eigenvalue weighted by Crippen LogP contribution is 2.43. The molecule has 0 aliphatic heterocycles. The predicted molar refractivity (Wildman–Crippen MR) is 85.9 cm³/mol. The topological polar surface area (TPSA) is 43.4 Å². The van der Waals surface area contributed by atoms with Crippen LogP contribution < -0.4 is 4.74 Å². The Hall–Kier alpha value is -0.0700. The number of rotatable bonds is 5. The zero-order valence-electron chi connectivity index (χ0n) is 11.4. The number of alkyl halides is 1. The van der Waals surface area contributed by atoms with Gasteiger partial charge in [0.05, 0.1) is 16.2 Å². The second-order valence-electron chi connectivity index (χ2n) is 4.85. The summed E-state index contributed by atoms with van der Waals surface area (Å²) < 4.78 is 29.4. The van der Waals surface area contributed by atoms with Crippen LogP contribution in [0.3, 0.4) is 0 Å². The molecule has 19 heavy (non-hydrogen) atoms. The van der Waals surface area contributed by atoms with Gasteiger partial charge >= 0.3 is 0 Å². The van der Waals surface area contributed by atoms with E-state index in [0.29, 0.717) is 12.4 Å². The summed E-state index contributed by atoms with van der Waals surface area (Å²) in [6.45, 7) is 5.85. The molecule has 6 heteroatoms. The lowest BCUT2D eigenvalue weighted by molar-refractivity contribution is 0.335. The molecule has 0 aliphatic carbocycles. The van der Waals surface area contributed by atoms with Crippen LogP contribution in [0.4, 0.5) is 0 Å². The van der Waals surface area contributed by atoms with Gasteiger partial charge in [0.1, 0.15) is 5.75 Å². The first-order chi connectivity index (χ1) is 8.61. The van der Waals surface area contributed by atoms with Gasteiger partial charge in [-0.15, -0.1) is 0 Å². The number of halogens is 2. The highest BCUT2D eigenvalue weighted by atomic mass is 79.9. The first kappa shape index (κ1) is 17.0. The van der Waals surface area contributed by atoms with Crippen molar-refractivity contribution in [3.63, 3.8) is 0 Å². The molecule has 1 aromatic carbocycles. The maximum absolute atomic E-state index is 11.9. The third-order valence-corrected chi connectivity index (χ3v) is 7.69. The summed E-state index contributed by atoms with van der Waals surface area (Å²) >= 11 is 6.93. The SMILES string of the molecule is CCOc1ccc(Br)cc1C(Br)C(C)(C)S(C)(=O)=O. The molecule has 3 nitrogen and oxygen atoms in total. The third kappa shape index (κ3) is 3.73. The Kier molecular flexibility index (Phi) is 5.49. The van der Waals surface area contributed by atoms with Crippen LogP contribution in [0.5, 0.6) is 5.75 Å². The Balaban J connectivity index is 3.33. The van der Waals surface area contributed by atoms with Crippen molar-refractivity contribution in [2.24, 2.45) is 0 Å². The molecule has 0 aliphatic rings. The highest BCUT2D eigenvalue weighted by Gasteiger charge is 2.39. The number of hydrogen-bond donors (Lipinski definition) is 0. The number of hydrogen-bond acceptors (Lipinski definition) is 3. The Morgan fingerprint density at radius 3 is 2.42 bits per heavy atom. The van der Waals surface area contributed by atoms with Crippen LogP contribution in [0.2, 0.25) is 0 Å². The van der Waals surface area contributed by atoms with Crippen molar-refractivity contribution in [2.75, 3.05) is 12.9 Å². The van der Waals surface area contributed by atoms with E-state index in [1.165, 1.54) is 6.26 Å². The molecular weight excluding hydrogens is 396 g/mol. The van der Waals surface area contributed by atoms with Crippen molar-refractivity contribution in [1.82, 2.24) is 0 Å². The lowest BCUT2D eigenvalue weighted by Gasteiger charge is -2.30. The van der Waals surface area contributed by atoms with E-state index < -0.39 is 14.6 Å². The largest absolute Gasteiger partial charge is 0.494 e. The molecule has 1 aromatic rings. The monoisotopic (exact) mass is 412 g/mol. The first-order valence-electron chi connectivity index (χ1n) is 5.87. The van der Waals surface area contributed by atoms with Gasteiger partial charge in [-0.05, 0) is 39.0 Å². The number of ether oxygens (including phenoxy) is 1. The number of sulfone groups is 1. The Morgan fingerprint density at radius 2 is 1.95 bits per heavy atom. The average Bonchev–Trinajstić information content (AvgIpc) is 2.29. The molecule has 0 radical (unpaired) electrons. The molecule has 0 saturated heterocycles. The van der Waals surface area contributed by atoms with Crippen LogP contribution in [0.25, 0.3) is 0 Å². The van der Waals surface area contributed by atoms with E-state index in [1.807, 2.05) is 25.1 Å². The summed E-state index contributed by atoms with van der Waals surface area (Å²) in [4.78, 5) is -0.353. The van der Waals surface area contributed by atoms with Crippen molar-refractivity contribution < 1.29 is 13.2 Å². The number of benzene rings is 1. The molecule has 1 unspecified atom stereocenters. The first-order valence-corrected chi connectivity index (χ1v) is 9.47. The Bertz CT molecular complexity index is 553. The van der Waals surface area contributed by atoms with E-state index in [4.69, 9.17) is 4.74 Å². The normalized spacial score (nSPS) is 14.2. The van der Waals surface area contributed by atoms with Gasteiger partial charge in [0.25, 0.3) is 0 Å². The molecule has 0 aromatic heterocycles. The van der Waals surface area contributed by atoms with E-state index in [0.717, 1.165) is 10.0 Å². The standard InChI is InChI=1S/C13H18Br2O3S/c1-5-18-11-7-6-9(14)8-10(11)12(15)13(2,3)19(4,16)17/h6-8,12H,5H2,1-4H3. The van der Waals surface area contributed by atoms with Gasteiger partial charge in [0.2, 0.25) is 0 Å². The Morgan fingerprint density at radius 1 is 1.37 bits per heavy atom. The van der Waals surface area contributed by atoms with Crippen molar-refractivity contribution in [3.8, 4) is 5.75 Å². The molecule has 0 fully saturated rings. The van der Waals surface area contributed by atoms with Gasteiger partial charge in [-0.1, -0.05) is 31.9 Å². The minimum absolute atomic E-state index is 0.353. The zero-order chi connectivity index (χ0) is 14.8. The fourth-order valence-electron chi connectivity index (χ4n) is 1.57. The van der Waals surface area contributed by atoms with Crippen molar-refractivity contribution in [3.05, 3.63) is 28.2 Å². The van der Waals surface area contributed by atoms with E-state index in [9.17, 15) is 8.42 Å². The maximum atomic E-state index is 11.9. The quantitative estimate of drug-likeness (QED) is 0.682. The van der Waals surface area contributed by atoms with Gasteiger partial charge < -0.3 is 4.74 Å². The fourth-order valence-corrected chi connectivity index (χ4v) is 3.82. The molecule has 0 spiro atoms. The van der Waals surface area contributed by atoms with E-state index in [2.05, 4.69) is 31.9 Å². The summed E-state index contributed by atoms with van der Waals surface area (Å²) in [5, 5.41) is 0. The van der Waals surface area contributed by atoms with E-state index in [1.54, 1.807) is 13.8 Å². The highest BCUT2D eigenvalue weighted by molar-refractivity contribution is 9.10. The maximum Gasteiger partial charge on any atom is 0.154 e. The minimum atomic E-state index is -3.21. The molecule has 108 valence electrons. The summed E-state index contributed by atoms with van der Waals surface area (Å²) in [7, 11) is -3.21. The second-order valence-corrected chi connectivity index (χ2v) is 9.28. The summed E-state index contributed by atoms with van der Waals surface area (Å²) in [6, 6.07) is 5.61. The van der Waals surface area contributed by atoms with Gasteiger partial charge in [0.15, 0.2) is 9.84 Å². The van der Waals surface area contributed by atoms with Gasteiger partial charge in [-0.25, -0.2) is 8.42 Å². The van der Waals surface area contributed by atoms with Crippen LogP contribution in [-0.4, -0.2) is 26.0 Å². The van der Waals surface area contributed by atoms with Crippen molar-refractivity contribution in [2.45, 2.75) is 30.3 Å². The molecule has 0 saturated carbocycles. The lowest BCUT2D eigenvalue weighted by atomic mass is 10.0. The Labute approximate surface area is 131 Å². The molecule has 0 N–H and O–H groups in total. The molecule has 1 rings (SSSR count). The second kappa shape index (κ2) is 6.14. The lowest BCUT2D eigenvalue weighted by Crippen LogP contribution is -2.35. The zero-order valence-corrected chi connectivity index (χ0v) is 15.4. The minimum Gasteiger partial charge on any atom is -0.494 e. The van der Waals surface area contributed by atoms with Crippen LogP contribution in [0.1, 0.15) is 31.2 Å². The van der Waals surface area contributed by atoms with Gasteiger partial charge in [-0.2, -0.15) is 0 Å². The molecule has 0 amide bonds. The van der Waals surface area contributed by atoms with E-state index >= 15 is 0 Å². The smallest absolute Gasteiger partial charge is 0.154 e. The van der Waals surface area contributed by atoms with Crippen LogP contribution in [-0.2, 0) is 9.84 Å². The summed E-state index contributed by atoms with van der Waals surface area (Å²) in [5.41, 5.74) is 0.826. The van der Waals surface area contributed by atoms with Gasteiger partial charge in [0, 0.05) is 16.3 Å². The van der Waals surface area contributed by atoms with Crippen LogP contribution in [0.15, 0.2) is 22.7 Å².